The molecular weight excluding hydrogens is 358 g/mol. The van der Waals surface area contributed by atoms with Crippen LogP contribution >= 0.6 is 12.4 Å². The zero-order valence-corrected chi connectivity index (χ0v) is 16.0. The van der Waals surface area contributed by atoms with E-state index in [1.54, 1.807) is 0 Å². The summed E-state index contributed by atoms with van der Waals surface area (Å²) in [5, 5.41) is 3.89. The zero-order valence-electron chi connectivity index (χ0n) is 15.2. The summed E-state index contributed by atoms with van der Waals surface area (Å²) in [6.45, 7) is 5.36. The van der Waals surface area contributed by atoms with Crippen molar-refractivity contribution < 1.29 is 23.8 Å². The van der Waals surface area contributed by atoms with Crippen LogP contribution in [0, 0.1) is 0 Å². The molecule has 1 aliphatic heterocycles. The third-order valence-corrected chi connectivity index (χ3v) is 4.17. The van der Waals surface area contributed by atoms with E-state index in [0.29, 0.717) is 17.6 Å². The molecule has 0 fully saturated rings. The maximum atomic E-state index is 11.8. The van der Waals surface area contributed by atoms with Crippen LogP contribution in [0.25, 0.3) is 10.8 Å². The molecule has 0 aliphatic carbocycles. The van der Waals surface area contributed by atoms with Gasteiger partial charge < -0.3 is 19.5 Å². The lowest BCUT2D eigenvalue weighted by Gasteiger charge is -2.34. The van der Waals surface area contributed by atoms with Crippen molar-refractivity contribution in [2.24, 2.45) is 0 Å². The summed E-state index contributed by atoms with van der Waals surface area (Å²) in [7, 11) is 1.47. The van der Waals surface area contributed by atoms with E-state index in [0.717, 1.165) is 17.4 Å². The monoisotopic (exact) mass is 379 g/mol. The summed E-state index contributed by atoms with van der Waals surface area (Å²) < 4.78 is 17.1. The maximum Gasteiger partial charge on any atom is 0.412 e. The standard InChI is InChI=1S/C19H21NO5.ClH/c1-11(21)23-17-14-9-10-19(2,3)25-15(14)12-7-5-6-8-13(12)16(17)24-18(22)20-4;/h5-8H,9-10H2,1-4H3,(H,20,22);1H. The minimum absolute atomic E-state index is 0. The second-order valence-electron chi connectivity index (χ2n) is 6.61. The summed E-state index contributed by atoms with van der Waals surface area (Å²) in [6.07, 6.45) is 0.780. The number of carbonyl (C=O) groups excluding carboxylic acids is 2. The number of fused-ring (bicyclic) bond motifs is 3. The minimum Gasteiger partial charge on any atom is -0.487 e. The van der Waals surface area contributed by atoms with Gasteiger partial charge in [-0.25, -0.2) is 4.79 Å². The lowest BCUT2D eigenvalue weighted by atomic mass is 9.91. The number of hydrogen-bond acceptors (Lipinski definition) is 5. The largest absolute Gasteiger partial charge is 0.487 e. The molecule has 7 heteroatoms. The Morgan fingerprint density at radius 1 is 1.12 bits per heavy atom. The van der Waals surface area contributed by atoms with Gasteiger partial charge in [0.25, 0.3) is 0 Å². The molecule has 26 heavy (non-hydrogen) atoms. The molecule has 2 aromatic rings. The SMILES string of the molecule is CNC(=O)Oc1c(OC(C)=O)c2c(c3ccccc13)OC(C)(C)CC2.Cl. The van der Waals surface area contributed by atoms with E-state index in [9.17, 15) is 9.59 Å². The average molecular weight is 380 g/mol. The number of esters is 1. The summed E-state index contributed by atoms with van der Waals surface area (Å²) >= 11 is 0. The topological polar surface area (TPSA) is 73.9 Å². The molecule has 0 saturated carbocycles. The normalized spacial score (nSPS) is 14.5. The Hall–Kier alpha value is -2.47. The fourth-order valence-corrected chi connectivity index (χ4v) is 3.00. The number of rotatable bonds is 2. The number of ether oxygens (including phenoxy) is 3. The fraction of sp³-hybridized carbons (Fsp3) is 0.368. The number of nitrogens with one attached hydrogen (secondary N) is 1. The lowest BCUT2D eigenvalue weighted by molar-refractivity contribution is -0.132. The van der Waals surface area contributed by atoms with Gasteiger partial charge in [0, 0.05) is 30.3 Å². The van der Waals surface area contributed by atoms with Gasteiger partial charge in [-0.3, -0.25) is 4.79 Å². The van der Waals surface area contributed by atoms with Crippen LogP contribution in [0.5, 0.6) is 17.2 Å². The van der Waals surface area contributed by atoms with Crippen molar-refractivity contribution >= 4 is 35.2 Å². The maximum absolute atomic E-state index is 11.8. The van der Waals surface area contributed by atoms with Crippen LogP contribution in [0.3, 0.4) is 0 Å². The minimum atomic E-state index is -0.629. The molecule has 1 amide bonds. The van der Waals surface area contributed by atoms with Crippen molar-refractivity contribution in [1.29, 1.82) is 0 Å². The van der Waals surface area contributed by atoms with Gasteiger partial charge >= 0.3 is 12.1 Å². The highest BCUT2D eigenvalue weighted by Crippen LogP contribution is 2.50. The highest BCUT2D eigenvalue weighted by Gasteiger charge is 2.33. The molecule has 0 aromatic heterocycles. The van der Waals surface area contributed by atoms with Crippen LogP contribution in [0.2, 0.25) is 0 Å². The van der Waals surface area contributed by atoms with Crippen molar-refractivity contribution in [2.45, 2.75) is 39.2 Å². The van der Waals surface area contributed by atoms with Crippen LogP contribution in [0.15, 0.2) is 24.3 Å². The quantitative estimate of drug-likeness (QED) is 0.630. The zero-order chi connectivity index (χ0) is 18.2. The molecule has 2 aromatic carbocycles. The molecule has 0 saturated heterocycles. The summed E-state index contributed by atoms with van der Waals surface area (Å²) in [4.78, 5) is 23.5. The molecule has 0 spiro atoms. The Labute approximate surface area is 158 Å². The van der Waals surface area contributed by atoms with E-state index in [1.165, 1.54) is 14.0 Å². The molecule has 140 valence electrons. The van der Waals surface area contributed by atoms with E-state index in [-0.39, 0.29) is 29.5 Å². The summed E-state index contributed by atoms with van der Waals surface area (Å²) in [6, 6.07) is 7.44. The number of hydrogen-bond donors (Lipinski definition) is 1. The molecule has 0 radical (unpaired) electrons. The Bertz CT molecular complexity index is 863. The predicted octanol–water partition coefficient (Wildman–Crippen LogP) is 4.01. The smallest absolute Gasteiger partial charge is 0.412 e. The molecule has 0 unspecified atom stereocenters. The van der Waals surface area contributed by atoms with Crippen LogP contribution in [-0.2, 0) is 11.2 Å². The van der Waals surface area contributed by atoms with Gasteiger partial charge in [-0.05, 0) is 26.7 Å². The Morgan fingerprint density at radius 3 is 2.38 bits per heavy atom. The first-order valence-electron chi connectivity index (χ1n) is 8.17. The average Bonchev–Trinajstić information content (AvgIpc) is 2.56. The van der Waals surface area contributed by atoms with E-state index < -0.39 is 12.1 Å². The van der Waals surface area contributed by atoms with Crippen LogP contribution in [-0.4, -0.2) is 24.7 Å². The van der Waals surface area contributed by atoms with Gasteiger partial charge in [0.2, 0.25) is 0 Å². The third kappa shape index (κ3) is 3.70. The van der Waals surface area contributed by atoms with Crippen molar-refractivity contribution in [1.82, 2.24) is 5.32 Å². The summed E-state index contributed by atoms with van der Waals surface area (Å²) in [5.41, 5.74) is 0.416. The molecule has 1 N–H and O–H groups in total. The second kappa shape index (κ2) is 7.41. The van der Waals surface area contributed by atoms with E-state index in [4.69, 9.17) is 14.2 Å². The molecule has 1 aliphatic rings. The Balaban J connectivity index is 0.00000243. The van der Waals surface area contributed by atoms with Gasteiger partial charge in [0.1, 0.15) is 11.4 Å². The first-order chi connectivity index (χ1) is 11.8. The first-order valence-corrected chi connectivity index (χ1v) is 8.17. The Morgan fingerprint density at radius 2 is 1.77 bits per heavy atom. The van der Waals surface area contributed by atoms with Gasteiger partial charge in [-0.15, -0.1) is 12.4 Å². The third-order valence-electron chi connectivity index (χ3n) is 4.17. The first kappa shape index (κ1) is 19.8. The Kier molecular flexibility index (Phi) is 5.66. The highest BCUT2D eigenvalue weighted by atomic mass is 35.5. The van der Waals surface area contributed by atoms with Gasteiger partial charge in [-0.1, -0.05) is 24.3 Å². The number of amides is 1. The molecule has 1 heterocycles. The molecule has 3 rings (SSSR count). The predicted molar refractivity (Wildman–Crippen MR) is 101 cm³/mol. The van der Waals surface area contributed by atoms with Crippen LogP contribution in [0.1, 0.15) is 32.8 Å². The molecule has 6 nitrogen and oxygen atoms in total. The van der Waals surface area contributed by atoms with Crippen molar-refractivity contribution in [3.8, 4) is 17.2 Å². The van der Waals surface area contributed by atoms with Crippen LogP contribution < -0.4 is 19.5 Å². The van der Waals surface area contributed by atoms with E-state index in [1.807, 2.05) is 38.1 Å². The fourth-order valence-electron chi connectivity index (χ4n) is 3.00. The van der Waals surface area contributed by atoms with E-state index in [2.05, 4.69) is 5.32 Å². The van der Waals surface area contributed by atoms with Crippen molar-refractivity contribution in [3.05, 3.63) is 29.8 Å². The number of benzene rings is 2. The molecule has 0 bridgehead atoms. The number of halogens is 1. The summed E-state index contributed by atoms with van der Waals surface area (Å²) in [5.74, 6) is 0.670. The van der Waals surface area contributed by atoms with Gasteiger partial charge in [0.15, 0.2) is 11.5 Å². The number of carbonyl (C=O) groups is 2. The van der Waals surface area contributed by atoms with Crippen molar-refractivity contribution in [3.63, 3.8) is 0 Å². The molecular formula is C19H22ClNO5. The molecule has 0 atom stereocenters. The van der Waals surface area contributed by atoms with E-state index >= 15 is 0 Å². The van der Waals surface area contributed by atoms with Gasteiger partial charge in [0.05, 0.1) is 0 Å². The lowest BCUT2D eigenvalue weighted by Crippen LogP contribution is -2.33. The second-order valence-corrected chi connectivity index (χ2v) is 6.61. The van der Waals surface area contributed by atoms with Crippen molar-refractivity contribution in [2.75, 3.05) is 7.05 Å². The van der Waals surface area contributed by atoms with Gasteiger partial charge in [-0.2, -0.15) is 0 Å². The highest BCUT2D eigenvalue weighted by molar-refractivity contribution is 5.99. The van der Waals surface area contributed by atoms with Crippen LogP contribution in [0.4, 0.5) is 4.79 Å².